The van der Waals surface area contributed by atoms with Gasteiger partial charge in [0, 0.05) is 12.6 Å². The second-order valence-electron chi connectivity index (χ2n) is 7.70. The molecule has 19 heavy (non-hydrogen) atoms. The molecule has 0 aromatic rings. The van der Waals surface area contributed by atoms with E-state index in [0.29, 0.717) is 11.5 Å². The van der Waals surface area contributed by atoms with Crippen molar-refractivity contribution in [3.05, 3.63) is 0 Å². The lowest BCUT2D eigenvalue weighted by molar-refractivity contribution is 0.0824. The summed E-state index contributed by atoms with van der Waals surface area (Å²) in [5.74, 6) is 1.86. The number of nitrogens with two attached hydrogens (primary N) is 1. The summed E-state index contributed by atoms with van der Waals surface area (Å²) < 4.78 is 0. The van der Waals surface area contributed by atoms with Crippen LogP contribution in [0.3, 0.4) is 0 Å². The lowest BCUT2D eigenvalue weighted by atomic mass is 9.72. The molecule has 0 amide bonds. The molecular formula is C17H34N2. The first-order valence-electron chi connectivity index (χ1n) is 8.49. The molecule has 2 rings (SSSR count). The van der Waals surface area contributed by atoms with Gasteiger partial charge in [0.25, 0.3) is 0 Å². The average molecular weight is 266 g/mol. The molecule has 2 fully saturated rings. The zero-order chi connectivity index (χ0) is 13.9. The van der Waals surface area contributed by atoms with Gasteiger partial charge >= 0.3 is 0 Å². The molecule has 0 aromatic heterocycles. The minimum absolute atomic E-state index is 0.493. The monoisotopic (exact) mass is 266 g/mol. The van der Waals surface area contributed by atoms with Crippen molar-refractivity contribution in [3.8, 4) is 0 Å². The Morgan fingerprint density at radius 2 is 1.58 bits per heavy atom. The van der Waals surface area contributed by atoms with E-state index in [-0.39, 0.29) is 0 Å². The van der Waals surface area contributed by atoms with Gasteiger partial charge in [-0.05, 0) is 68.9 Å². The topological polar surface area (TPSA) is 29.3 Å². The van der Waals surface area contributed by atoms with E-state index in [0.717, 1.165) is 11.8 Å². The van der Waals surface area contributed by atoms with Crippen LogP contribution in [-0.4, -0.2) is 30.6 Å². The minimum atomic E-state index is 0.493. The lowest BCUT2D eigenvalue weighted by Gasteiger charge is -2.41. The van der Waals surface area contributed by atoms with Crippen LogP contribution in [-0.2, 0) is 0 Å². The molecule has 2 heteroatoms. The van der Waals surface area contributed by atoms with Crippen LogP contribution in [0.5, 0.6) is 0 Å². The third-order valence-corrected chi connectivity index (χ3v) is 6.01. The zero-order valence-corrected chi connectivity index (χ0v) is 13.3. The average Bonchev–Trinajstić information content (AvgIpc) is 2.42. The normalized spacial score (nSPS) is 31.6. The number of hydrogen-bond acceptors (Lipinski definition) is 2. The van der Waals surface area contributed by atoms with E-state index in [1.807, 2.05) is 0 Å². The Balaban J connectivity index is 1.72. The molecule has 0 unspecified atom stereocenters. The van der Waals surface area contributed by atoms with Gasteiger partial charge < -0.3 is 10.6 Å². The van der Waals surface area contributed by atoms with Crippen molar-refractivity contribution in [2.24, 2.45) is 23.0 Å². The summed E-state index contributed by atoms with van der Waals surface area (Å²) in [6, 6.07) is 0.493. The van der Waals surface area contributed by atoms with Gasteiger partial charge in [0.15, 0.2) is 0 Å². The van der Waals surface area contributed by atoms with Gasteiger partial charge in [-0.25, -0.2) is 0 Å². The van der Waals surface area contributed by atoms with Crippen LogP contribution in [0.4, 0.5) is 0 Å². The molecule has 2 N–H and O–H groups in total. The summed E-state index contributed by atoms with van der Waals surface area (Å²) in [4.78, 5) is 2.73. The lowest BCUT2D eigenvalue weighted by Crippen LogP contribution is -2.41. The Morgan fingerprint density at radius 1 is 1.00 bits per heavy atom. The van der Waals surface area contributed by atoms with Gasteiger partial charge in [-0.3, -0.25) is 0 Å². The van der Waals surface area contributed by atoms with Crippen LogP contribution in [0, 0.1) is 17.3 Å². The van der Waals surface area contributed by atoms with E-state index < -0.39 is 0 Å². The second-order valence-corrected chi connectivity index (χ2v) is 7.70. The quantitative estimate of drug-likeness (QED) is 0.841. The highest BCUT2D eigenvalue weighted by Gasteiger charge is 2.31. The van der Waals surface area contributed by atoms with Crippen molar-refractivity contribution >= 4 is 0 Å². The molecule has 2 aliphatic rings. The van der Waals surface area contributed by atoms with Crippen LogP contribution in [0.1, 0.15) is 65.7 Å². The highest BCUT2D eigenvalue weighted by Crippen LogP contribution is 2.37. The summed E-state index contributed by atoms with van der Waals surface area (Å²) in [6.07, 6.45) is 9.37. The van der Waals surface area contributed by atoms with Crippen molar-refractivity contribution in [1.29, 1.82) is 0 Å². The van der Waals surface area contributed by atoms with E-state index in [9.17, 15) is 0 Å². The first-order valence-corrected chi connectivity index (χ1v) is 8.49. The number of rotatable bonds is 4. The second kappa shape index (κ2) is 6.58. The van der Waals surface area contributed by atoms with Gasteiger partial charge in [0.2, 0.25) is 0 Å². The summed E-state index contributed by atoms with van der Waals surface area (Å²) >= 11 is 0. The van der Waals surface area contributed by atoms with Crippen molar-refractivity contribution < 1.29 is 0 Å². The molecule has 1 heterocycles. The smallest absolute Gasteiger partial charge is 0.00390 e. The number of piperidine rings is 1. The highest BCUT2D eigenvalue weighted by molar-refractivity contribution is 4.84. The largest absolute Gasteiger partial charge is 0.328 e. The van der Waals surface area contributed by atoms with E-state index >= 15 is 0 Å². The predicted octanol–water partition coefficient (Wildman–Crippen LogP) is 3.65. The molecule has 112 valence electrons. The number of likely N-dealkylation sites (tertiary alicyclic amines) is 1. The van der Waals surface area contributed by atoms with Crippen LogP contribution in [0.2, 0.25) is 0 Å². The van der Waals surface area contributed by atoms with Crippen LogP contribution in [0.15, 0.2) is 0 Å². The summed E-state index contributed by atoms with van der Waals surface area (Å²) in [7, 11) is 0. The minimum Gasteiger partial charge on any atom is -0.328 e. The maximum atomic E-state index is 6.00. The van der Waals surface area contributed by atoms with Crippen LogP contribution in [0.25, 0.3) is 0 Å². The Bertz CT molecular complexity index is 258. The highest BCUT2D eigenvalue weighted by atomic mass is 15.1. The molecule has 0 bridgehead atoms. The van der Waals surface area contributed by atoms with Crippen molar-refractivity contribution in [3.63, 3.8) is 0 Å². The molecule has 0 radical (unpaired) electrons. The number of hydrogen-bond donors (Lipinski definition) is 1. The van der Waals surface area contributed by atoms with Gasteiger partial charge in [-0.2, -0.15) is 0 Å². The van der Waals surface area contributed by atoms with Crippen molar-refractivity contribution in [1.82, 2.24) is 4.90 Å². The fraction of sp³-hybridized carbons (Fsp3) is 1.00. The Hall–Kier alpha value is -0.0800. The fourth-order valence-corrected chi connectivity index (χ4v) is 3.92. The van der Waals surface area contributed by atoms with E-state index in [4.69, 9.17) is 5.73 Å². The molecule has 1 aliphatic heterocycles. The zero-order valence-electron chi connectivity index (χ0n) is 13.3. The van der Waals surface area contributed by atoms with Crippen molar-refractivity contribution in [2.75, 3.05) is 19.6 Å². The van der Waals surface area contributed by atoms with Gasteiger partial charge in [-0.1, -0.05) is 27.2 Å². The molecule has 0 atom stereocenters. The molecule has 1 saturated heterocycles. The van der Waals surface area contributed by atoms with Gasteiger partial charge in [0.1, 0.15) is 0 Å². The van der Waals surface area contributed by atoms with Crippen LogP contribution >= 0.6 is 0 Å². The molecular weight excluding hydrogens is 232 g/mol. The molecule has 2 nitrogen and oxygen atoms in total. The molecule has 0 aromatic carbocycles. The maximum absolute atomic E-state index is 6.00. The van der Waals surface area contributed by atoms with Crippen LogP contribution < -0.4 is 5.73 Å². The number of nitrogens with zero attached hydrogens (tertiary/aromatic N) is 1. The van der Waals surface area contributed by atoms with E-state index in [2.05, 4.69) is 25.7 Å². The Kier molecular flexibility index (Phi) is 5.30. The van der Waals surface area contributed by atoms with E-state index in [1.165, 1.54) is 64.6 Å². The fourth-order valence-electron chi connectivity index (χ4n) is 3.92. The summed E-state index contributed by atoms with van der Waals surface area (Å²) in [5, 5.41) is 0. The van der Waals surface area contributed by atoms with Gasteiger partial charge in [-0.15, -0.1) is 0 Å². The molecule has 1 aliphatic carbocycles. The van der Waals surface area contributed by atoms with Gasteiger partial charge in [0.05, 0.1) is 0 Å². The standard InChI is InChI=1S/C17H34N2/c1-4-17(2,3)15-9-11-19(12-10-15)13-14-5-7-16(18)8-6-14/h14-16H,4-13,18H2,1-3H3. The summed E-state index contributed by atoms with van der Waals surface area (Å²) in [6.45, 7) is 11.3. The SMILES string of the molecule is CCC(C)(C)C1CCN(CC2CCC(N)CC2)CC1. The molecule has 0 spiro atoms. The first kappa shape index (κ1) is 15.3. The Morgan fingerprint density at radius 3 is 2.11 bits per heavy atom. The van der Waals surface area contributed by atoms with Crippen molar-refractivity contribution in [2.45, 2.75) is 71.8 Å². The predicted molar refractivity (Wildman–Crippen MR) is 83.2 cm³/mol. The third kappa shape index (κ3) is 4.19. The van der Waals surface area contributed by atoms with E-state index in [1.54, 1.807) is 0 Å². The third-order valence-electron chi connectivity index (χ3n) is 6.01. The first-order chi connectivity index (χ1) is 9.01. The summed E-state index contributed by atoms with van der Waals surface area (Å²) in [5.41, 5.74) is 6.54. The molecule has 1 saturated carbocycles. The maximum Gasteiger partial charge on any atom is 0.00390 e. The Labute approximate surface area is 120 Å².